The third-order valence-corrected chi connectivity index (χ3v) is 10.5. The molecule has 3 aromatic rings. The Hall–Kier alpha value is -0.230. The molecule has 27 heavy (non-hydrogen) atoms. The lowest BCUT2D eigenvalue weighted by atomic mass is 10.1. The van der Waals surface area contributed by atoms with E-state index in [9.17, 15) is 21.4 Å². The predicted octanol–water partition coefficient (Wildman–Crippen LogP) is 4.33. The van der Waals surface area contributed by atoms with Crippen molar-refractivity contribution >= 4 is 98.8 Å². The summed E-state index contributed by atoms with van der Waals surface area (Å²) in [5, 5.41) is 0.320. The molecule has 0 bridgehead atoms. The zero-order chi connectivity index (χ0) is 20.0. The zero-order valence-corrected chi connectivity index (χ0v) is 21.1. The summed E-state index contributed by atoms with van der Waals surface area (Å²) in [5.41, 5.74) is 0. The normalized spacial score (nSPS) is 12.3. The Morgan fingerprint density at radius 1 is 0.778 bits per heavy atom. The van der Waals surface area contributed by atoms with E-state index in [1.54, 1.807) is 24.3 Å². The molecule has 0 saturated carbocycles. The lowest BCUT2D eigenvalue weighted by Gasteiger charge is -2.15. The van der Waals surface area contributed by atoms with Gasteiger partial charge in [0.25, 0.3) is 0 Å². The van der Waals surface area contributed by atoms with Crippen LogP contribution in [0.3, 0.4) is 0 Å². The van der Waals surface area contributed by atoms with Gasteiger partial charge in [0.05, 0.1) is 4.90 Å². The van der Waals surface area contributed by atoms with E-state index in [1.165, 1.54) is 18.2 Å². The maximum Gasteiger partial charge on any atom is 0.341 e. The molecule has 0 fully saturated rings. The summed E-state index contributed by atoms with van der Waals surface area (Å²) < 4.78 is 67.4. The lowest BCUT2D eigenvalue weighted by molar-refractivity contribution is 0.464. The molecule has 0 aliphatic heterocycles. The number of rotatable bonds is 4. The molecule has 0 saturated heterocycles. The van der Waals surface area contributed by atoms with Crippen molar-refractivity contribution in [3.8, 4) is 5.75 Å². The highest BCUT2D eigenvalue weighted by Crippen LogP contribution is 2.35. The molecule has 0 radical (unpaired) electrons. The van der Waals surface area contributed by atoms with Gasteiger partial charge in [0.15, 0.2) is 5.75 Å². The minimum Gasteiger partial charge on any atom is -0.744 e. The van der Waals surface area contributed by atoms with E-state index < -0.39 is 25.1 Å². The zero-order valence-electron chi connectivity index (χ0n) is 13.0. The molecule has 0 aliphatic rings. The summed E-state index contributed by atoms with van der Waals surface area (Å²) in [7, 11) is -8.90. The molecule has 142 valence electrons. The van der Waals surface area contributed by atoms with E-state index in [4.69, 9.17) is 4.18 Å². The molecule has 0 atom stereocenters. The predicted molar refractivity (Wildman–Crippen MR) is 124 cm³/mol. The Labute approximate surface area is 197 Å². The van der Waals surface area contributed by atoms with Gasteiger partial charge in [0.1, 0.15) is 15.0 Å². The van der Waals surface area contributed by atoms with E-state index in [0.29, 0.717) is 7.14 Å². The van der Waals surface area contributed by atoms with Crippen LogP contribution in [0.5, 0.6) is 5.75 Å². The van der Waals surface area contributed by atoms with Gasteiger partial charge >= 0.3 is 10.1 Å². The van der Waals surface area contributed by atoms with Crippen molar-refractivity contribution < 1.29 is 25.6 Å². The molecule has 0 amide bonds. The Morgan fingerprint density at radius 3 is 2.00 bits per heavy atom. The van der Waals surface area contributed by atoms with Gasteiger partial charge in [-0.3, -0.25) is 0 Å². The highest BCUT2D eigenvalue weighted by molar-refractivity contribution is 14.1. The monoisotopic (exact) mass is 741 g/mol. The first-order valence-electron chi connectivity index (χ1n) is 7.08. The van der Waals surface area contributed by atoms with Gasteiger partial charge < -0.3 is 8.74 Å². The van der Waals surface area contributed by atoms with Crippen molar-refractivity contribution in [3.63, 3.8) is 0 Å². The van der Waals surface area contributed by atoms with Gasteiger partial charge in [-0.05, 0) is 92.0 Å². The van der Waals surface area contributed by atoms with Crippen LogP contribution in [-0.4, -0.2) is 21.4 Å². The van der Waals surface area contributed by atoms with Gasteiger partial charge in [-0.25, -0.2) is 8.42 Å². The van der Waals surface area contributed by atoms with E-state index >= 15 is 0 Å². The Balaban J connectivity index is 2.20. The summed E-state index contributed by atoms with van der Waals surface area (Å²) >= 11 is 5.89. The summed E-state index contributed by atoms with van der Waals surface area (Å²) in [4.78, 5) is -0.388. The average molecular weight is 741 g/mol. The second-order valence-electron chi connectivity index (χ2n) is 5.27. The van der Waals surface area contributed by atoms with Gasteiger partial charge in [-0.15, -0.1) is 0 Å². The second kappa shape index (κ2) is 7.89. The van der Waals surface area contributed by atoms with Gasteiger partial charge in [0.2, 0.25) is 0 Å². The molecular formula is C16H8I3O6S2-. The van der Waals surface area contributed by atoms with Crippen LogP contribution in [0.1, 0.15) is 0 Å². The van der Waals surface area contributed by atoms with Crippen LogP contribution in [-0.2, 0) is 20.2 Å². The van der Waals surface area contributed by atoms with Crippen molar-refractivity contribution in [2.75, 3.05) is 0 Å². The molecule has 0 N–H and O–H groups in total. The average Bonchev–Trinajstić information content (AvgIpc) is 2.57. The maximum atomic E-state index is 12.9. The van der Waals surface area contributed by atoms with Crippen LogP contribution in [0.2, 0.25) is 0 Å². The Morgan fingerprint density at radius 2 is 1.37 bits per heavy atom. The van der Waals surface area contributed by atoms with E-state index in [0.717, 1.165) is 9.64 Å². The van der Waals surface area contributed by atoms with Gasteiger partial charge in [-0.1, -0.05) is 24.3 Å². The largest absolute Gasteiger partial charge is 0.744 e. The third-order valence-electron chi connectivity index (χ3n) is 3.56. The van der Waals surface area contributed by atoms with Crippen molar-refractivity contribution in [2.45, 2.75) is 9.79 Å². The van der Waals surface area contributed by atoms with Crippen molar-refractivity contribution in [1.29, 1.82) is 0 Å². The van der Waals surface area contributed by atoms with Crippen LogP contribution in [0.4, 0.5) is 0 Å². The first kappa shape index (κ1) is 21.5. The fourth-order valence-electron chi connectivity index (χ4n) is 2.43. The summed E-state index contributed by atoms with van der Waals surface area (Å²) in [6, 6.07) is 11.8. The van der Waals surface area contributed by atoms with Crippen LogP contribution < -0.4 is 4.18 Å². The van der Waals surface area contributed by atoms with Crippen LogP contribution in [0.15, 0.2) is 58.3 Å². The SMILES string of the molecule is O=S(=O)([O-])c1ccc(OS(=O)(=O)c2c(I)ccc(I)c2I)c2ccccc12. The molecule has 0 spiro atoms. The molecular weight excluding hydrogens is 733 g/mol. The number of benzene rings is 3. The summed E-state index contributed by atoms with van der Waals surface area (Å²) in [5.74, 6) is -0.0524. The molecule has 0 aromatic heterocycles. The lowest BCUT2D eigenvalue weighted by Crippen LogP contribution is -2.14. The van der Waals surface area contributed by atoms with Gasteiger partial charge in [0, 0.05) is 21.5 Å². The van der Waals surface area contributed by atoms with Crippen LogP contribution in [0, 0.1) is 10.7 Å². The molecule has 6 nitrogen and oxygen atoms in total. The van der Waals surface area contributed by atoms with Gasteiger partial charge in [-0.2, -0.15) is 8.42 Å². The second-order valence-corrected chi connectivity index (χ2v) is 11.5. The van der Waals surface area contributed by atoms with Crippen molar-refractivity contribution in [1.82, 2.24) is 0 Å². The molecule has 3 rings (SSSR count). The van der Waals surface area contributed by atoms with Crippen LogP contribution in [0.25, 0.3) is 10.8 Å². The highest BCUT2D eigenvalue weighted by Gasteiger charge is 2.26. The fraction of sp³-hybridized carbons (Fsp3) is 0. The number of hydrogen-bond acceptors (Lipinski definition) is 6. The number of hydrogen-bond donors (Lipinski definition) is 0. The van der Waals surface area contributed by atoms with Crippen molar-refractivity contribution in [2.24, 2.45) is 0 Å². The maximum absolute atomic E-state index is 12.9. The molecule has 0 aliphatic carbocycles. The number of halogens is 3. The van der Waals surface area contributed by atoms with E-state index in [2.05, 4.69) is 0 Å². The quantitative estimate of drug-likeness (QED) is 0.171. The first-order valence-corrected chi connectivity index (χ1v) is 13.1. The minimum atomic E-state index is -4.72. The van der Waals surface area contributed by atoms with Crippen LogP contribution >= 0.6 is 67.8 Å². The molecule has 3 aromatic carbocycles. The van der Waals surface area contributed by atoms with E-state index in [1.807, 2.05) is 67.8 Å². The Kier molecular flexibility index (Phi) is 6.28. The summed E-state index contributed by atoms with van der Waals surface area (Å²) in [6.07, 6.45) is 0. The minimum absolute atomic E-state index is 0.0419. The molecule has 0 heterocycles. The first-order chi connectivity index (χ1) is 12.5. The fourth-order valence-corrected chi connectivity index (χ4v) is 7.90. The van der Waals surface area contributed by atoms with E-state index in [-0.39, 0.29) is 21.4 Å². The topological polar surface area (TPSA) is 101 Å². The summed E-state index contributed by atoms with van der Waals surface area (Å²) in [6.45, 7) is 0. The highest BCUT2D eigenvalue weighted by atomic mass is 127. The standard InChI is InChI=1S/C16H9I3O6S2/c17-11-5-6-12(18)16(15(11)19)27(23,24)25-13-7-8-14(26(20,21)22)10-4-2-1-3-9(10)13/h1-8H,(H,20,21,22)/p-1. The molecule has 0 unspecified atom stereocenters. The molecule has 11 heteroatoms. The Bertz CT molecular complexity index is 1270. The number of fused-ring (bicyclic) bond motifs is 1. The van der Waals surface area contributed by atoms with Crippen molar-refractivity contribution in [3.05, 3.63) is 59.2 Å². The smallest absolute Gasteiger partial charge is 0.341 e. The third kappa shape index (κ3) is 4.36.